The Bertz CT molecular complexity index is 1620. The second kappa shape index (κ2) is 10.1. The number of ether oxygens (including phenoxy) is 1. The fraction of sp³-hybridized carbons (Fsp3) is 0.242. The molecule has 210 valence electrons. The van der Waals surface area contributed by atoms with Gasteiger partial charge in [0.1, 0.15) is 12.3 Å². The van der Waals surface area contributed by atoms with Crippen molar-refractivity contribution in [2.45, 2.75) is 6.42 Å². The molecule has 0 radical (unpaired) electrons. The second-order valence-electron chi connectivity index (χ2n) is 11.2. The second-order valence-corrected chi connectivity index (χ2v) is 11.7. The zero-order valence-electron chi connectivity index (χ0n) is 22.3. The minimum Gasteiger partial charge on any atom is -0.423 e. The highest BCUT2D eigenvalue weighted by Crippen LogP contribution is 2.65. The van der Waals surface area contributed by atoms with Crippen molar-refractivity contribution in [1.29, 1.82) is 0 Å². The molecule has 0 N–H and O–H groups in total. The summed E-state index contributed by atoms with van der Waals surface area (Å²) in [6, 6.07) is 20.5. The molecule has 8 nitrogen and oxygen atoms in total. The van der Waals surface area contributed by atoms with Crippen LogP contribution >= 0.6 is 11.6 Å². The number of esters is 1. The molecule has 4 aliphatic carbocycles. The van der Waals surface area contributed by atoms with E-state index in [0.717, 1.165) is 16.4 Å². The largest absolute Gasteiger partial charge is 0.423 e. The number of nitrogens with zero attached hydrogens (tertiary/aromatic N) is 2. The number of benzene rings is 3. The van der Waals surface area contributed by atoms with Crippen LogP contribution in [0.15, 0.2) is 91.0 Å². The number of imide groups is 1. The average Bonchev–Trinajstić information content (AvgIpc) is 3.79. The standard InChI is InChI=1S/C33H25ClN2O6/c34-21-10-6-19(7-11-21)30(38)35(36-31(39)28-23-14-15-24(26-16-25(23)26)29(28)32(36)40)17-27(37)18-8-12-22(13-9-18)42-33(41)20-4-2-1-3-5-20/h1-15,23-26,28-29H,16-17H2/t23-,24-,25-,26+,28-,29+/m0/s1. The Balaban J connectivity index is 1.14. The number of halogens is 1. The van der Waals surface area contributed by atoms with Gasteiger partial charge in [0.2, 0.25) is 0 Å². The lowest BCUT2D eigenvalue weighted by Gasteiger charge is -2.37. The van der Waals surface area contributed by atoms with Gasteiger partial charge in [-0.05, 0) is 90.8 Å². The van der Waals surface area contributed by atoms with E-state index in [9.17, 15) is 24.0 Å². The molecule has 2 bridgehead atoms. The molecular weight excluding hydrogens is 556 g/mol. The van der Waals surface area contributed by atoms with Gasteiger partial charge in [-0.3, -0.25) is 19.2 Å². The Morgan fingerprint density at radius 2 is 1.33 bits per heavy atom. The molecule has 5 aliphatic rings. The molecule has 1 heterocycles. The number of amides is 3. The molecule has 0 spiro atoms. The Kier molecular flexibility index (Phi) is 6.31. The number of ketones is 1. The zero-order chi connectivity index (χ0) is 29.1. The molecule has 6 atom stereocenters. The third-order valence-electron chi connectivity index (χ3n) is 8.90. The smallest absolute Gasteiger partial charge is 0.343 e. The van der Waals surface area contributed by atoms with E-state index < -0.39 is 47.9 Å². The Labute approximate surface area is 246 Å². The van der Waals surface area contributed by atoms with Crippen molar-refractivity contribution in [3.63, 3.8) is 0 Å². The van der Waals surface area contributed by atoms with E-state index in [1.54, 1.807) is 30.3 Å². The number of hydrogen-bond donors (Lipinski definition) is 0. The molecule has 3 fully saturated rings. The lowest BCUT2D eigenvalue weighted by molar-refractivity contribution is -0.154. The molecule has 2 saturated carbocycles. The molecule has 3 aromatic rings. The molecule has 1 saturated heterocycles. The third-order valence-corrected chi connectivity index (χ3v) is 9.15. The van der Waals surface area contributed by atoms with Crippen molar-refractivity contribution in [2.75, 3.05) is 6.54 Å². The zero-order valence-corrected chi connectivity index (χ0v) is 23.0. The Morgan fingerprint density at radius 3 is 1.93 bits per heavy atom. The molecule has 42 heavy (non-hydrogen) atoms. The predicted molar refractivity (Wildman–Crippen MR) is 151 cm³/mol. The summed E-state index contributed by atoms with van der Waals surface area (Å²) in [6.07, 6.45) is 5.12. The first kappa shape index (κ1) is 26.3. The minimum atomic E-state index is -0.653. The number of carbonyl (C=O) groups is 5. The minimum absolute atomic E-state index is 0.0271. The monoisotopic (exact) mass is 580 g/mol. The molecule has 0 unspecified atom stereocenters. The topological polar surface area (TPSA) is 101 Å². The van der Waals surface area contributed by atoms with Gasteiger partial charge in [-0.1, -0.05) is 42.0 Å². The molecule has 0 aromatic heterocycles. The summed E-state index contributed by atoms with van der Waals surface area (Å²) in [7, 11) is 0. The van der Waals surface area contributed by atoms with Crippen molar-refractivity contribution < 1.29 is 28.7 Å². The number of rotatable bonds is 7. The highest BCUT2D eigenvalue weighted by Gasteiger charge is 2.68. The van der Waals surface area contributed by atoms with Gasteiger partial charge in [-0.15, -0.1) is 0 Å². The molecule has 1 aliphatic heterocycles. The van der Waals surface area contributed by atoms with Gasteiger partial charge in [-0.2, -0.15) is 5.01 Å². The van der Waals surface area contributed by atoms with Crippen LogP contribution in [0.3, 0.4) is 0 Å². The molecule has 8 rings (SSSR count). The van der Waals surface area contributed by atoms with Crippen molar-refractivity contribution >= 4 is 41.1 Å². The van der Waals surface area contributed by atoms with E-state index in [1.165, 1.54) is 48.5 Å². The van der Waals surface area contributed by atoms with Crippen LogP contribution in [0, 0.1) is 35.5 Å². The quantitative estimate of drug-likeness (QED) is 0.130. The summed E-state index contributed by atoms with van der Waals surface area (Å²) in [5, 5.41) is 2.31. The van der Waals surface area contributed by atoms with E-state index in [2.05, 4.69) is 12.2 Å². The third kappa shape index (κ3) is 4.34. The maximum absolute atomic E-state index is 13.8. The van der Waals surface area contributed by atoms with E-state index in [1.807, 2.05) is 0 Å². The van der Waals surface area contributed by atoms with Crippen LogP contribution in [-0.2, 0) is 9.59 Å². The van der Waals surface area contributed by atoms with Gasteiger partial charge in [0, 0.05) is 16.1 Å². The summed E-state index contributed by atoms with van der Waals surface area (Å²) in [5.74, 6) is -2.62. The summed E-state index contributed by atoms with van der Waals surface area (Å²) < 4.78 is 5.39. The predicted octanol–water partition coefficient (Wildman–Crippen LogP) is 4.85. The maximum atomic E-state index is 13.8. The number of hydrazine groups is 1. The molecular formula is C33H25ClN2O6. The Morgan fingerprint density at radius 1 is 0.762 bits per heavy atom. The van der Waals surface area contributed by atoms with Crippen LogP contribution in [0.4, 0.5) is 0 Å². The highest BCUT2D eigenvalue weighted by atomic mass is 35.5. The van der Waals surface area contributed by atoms with Gasteiger partial charge >= 0.3 is 5.97 Å². The SMILES string of the molecule is O=C(CN(C(=O)c1ccc(Cl)cc1)N1C(=O)[C@@H]2[C@H]3C=C[C@@H]([C@@H]4C[C@H]34)[C@@H]2C1=O)c1ccc(OC(=O)c2ccccc2)cc1. The van der Waals surface area contributed by atoms with Gasteiger partial charge < -0.3 is 4.74 Å². The molecule has 3 aromatic carbocycles. The van der Waals surface area contributed by atoms with Gasteiger partial charge in [0.25, 0.3) is 17.7 Å². The van der Waals surface area contributed by atoms with Gasteiger partial charge in [0.05, 0.1) is 17.4 Å². The molecule has 9 heteroatoms. The van der Waals surface area contributed by atoms with E-state index in [-0.39, 0.29) is 28.7 Å². The summed E-state index contributed by atoms with van der Waals surface area (Å²) in [6.45, 7) is -0.531. The first-order valence-corrected chi connectivity index (χ1v) is 14.2. The van der Waals surface area contributed by atoms with Crippen LogP contribution in [0.25, 0.3) is 0 Å². The lowest BCUT2D eigenvalue weighted by atomic mass is 9.63. The van der Waals surface area contributed by atoms with Crippen LogP contribution in [0.2, 0.25) is 5.02 Å². The fourth-order valence-electron chi connectivity index (χ4n) is 6.83. The number of allylic oxidation sites excluding steroid dienone is 2. The first-order chi connectivity index (χ1) is 20.3. The fourth-order valence-corrected chi connectivity index (χ4v) is 6.96. The van der Waals surface area contributed by atoms with Crippen LogP contribution < -0.4 is 4.74 Å². The van der Waals surface area contributed by atoms with E-state index in [4.69, 9.17) is 16.3 Å². The Hall–Kier alpha value is -4.56. The summed E-state index contributed by atoms with van der Waals surface area (Å²) in [5.41, 5.74) is 0.799. The highest BCUT2D eigenvalue weighted by molar-refractivity contribution is 6.30. The molecule has 3 amide bonds. The normalized spacial score (nSPS) is 26.5. The van der Waals surface area contributed by atoms with Crippen LogP contribution in [0.5, 0.6) is 5.75 Å². The lowest BCUT2D eigenvalue weighted by Crippen LogP contribution is -2.52. The van der Waals surface area contributed by atoms with Crippen molar-refractivity contribution in [1.82, 2.24) is 10.0 Å². The first-order valence-electron chi connectivity index (χ1n) is 13.9. The van der Waals surface area contributed by atoms with E-state index in [0.29, 0.717) is 22.4 Å². The van der Waals surface area contributed by atoms with Gasteiger partial charge in [-0.25, -0.2) is 9.80 Å². The summed E-state index contributed by atoms with van der Waals surface area (Å²) in [4.78, 5) is 67.3. The number of Topliss-reactive ketones (excluding diaryl/α,β-unsaturated/α-hetero) is 1. The van der Waals surface area contributed by atoms with Crippen molar-refractivity contribution in [2.24, 2.45) is 35.5 Å². The van der Waals surface area contributed by atoms with Crippen molar-refractivity contribution in [3.8, 4) is 5.75 Å². The average molecular weight is 581 g/mol. The van der Waals surface area contributed by atoms with E-state index >= 15 is 0 Å². The van der Waals surface area contributed by atoms with Crippen LogP contribution in [-0.4, -0.2) is 46.0 Å². The number of hydrogen-bond acceptors (Lipinski definition) is 6. The van der Waals surface area contributed by atoms with Crippen molar-refractivity contribution in [3.05, 3.63) is 113 Å². The summed E-state index contributed by atoms with van der Waals surface area (Å²) >= 11 is 6.02. The van der Waals surface area contributed by atoms with Crippen LogP contribution in [0.1, 0.15) is 37.5 Å². The maximum Gasteiger partial charge on any atom is 0.343 e. The number of carbonyl (C=O) groups excluding carboxylic acids is 5. The van der Waals surface area contributed by atoms with Gasteiger partial charge in [0.15, 0.2) is 5.78 Å².